The Hall–Kier alpha value is -4.20. The number of fused-ring (bicyclic) bond motifs is 1. The molecular weight excluding hydrogens is 408 g/mol. The third-order valence-corrected chi connectivity index (χ3v) is 5.20. The Balaban J connectivity index is 1.60. The summed E-state index contributed by atoms with van der Waals surface area (Å²) >= 11 is 0. The van der Waals surface area contributed by atoms with Gasteiger partial charge in [0.2, 0.25) is 0 Å². The summed E-state index contributed by atoms with van der Waals surface area (Å²) in [5.41, 5.74) is 2.61. The highest BCUT2D eigenvalue weighted by atomic mass is 16.5. The van der Waals surface area contributed by atoms with Gasteiger partial charge in [0.15, 0.2) is 5.75 Å². The molecule has 0 saturated carbocycles. The number of urea groups is 1. The monoisotopic (exact) mass is 432 g/mol. The van der Waals surface area contributed by atoms with Crippen LogP contribution in [0.2, 0.25) is 0 Å². The van der Waals surface area contributed by atoms with Crippen molar-refractivity contribution in [1.82, 2.24) is 14.5 Å². The number of nitrogens with one attached hydrogen (secondary N) is 2. The SMILES string of the molecule is COc1ccc(CNC(=O)Nc2cc3c(cc2Oc2ccccc2)n(C)c(=O)n3C)cc1. The van der Waals surface area contributed by atoms with E-state index in [0.717, 1.165) is 11.3 Å². The molecule has 4 aromatic rings. The van der Waals surface area contributed by atoms with Crippen LogP contribution in [0, 0.1) is 0 Å². The molecule has 4 rings (SSSR count). The zero-order chi connectivity index (χ0) is 22.7. The molecule has 8 heteroatoms. The summed E-state index contributed by atoms with van der Waals surface area (Å²) in [5, 5.41) is 5.68. The van der Waals surface area contributed by atoms with Gasteiger partial charge in [-0.25, -0.2) is 9.59 Å². The predicted octanol–water partition coefficient (Wildman–Crippen LogP) is 4.00. The van der Waals surface area contributed by atoms with E-state index in [1.54, 1.807) is 37.9 Å². The van der Waals surface area contributed by atoms with Gasteiger partial charge >= 0.3 is 11.7 Å². The topological polar surface area (TPSA) is 86.5 Å². The highest BCUT2D eigenvalue weighted by Crippen LogP contribution is 2.33. The number of imidazole rings is 1. The van der Waals surface area contributed by atoms with Crippen molar-refractivity contribution in [2.24, 2.45) is 14.1 Å². The maximum absolute atomic E-state index is 12.6. The van der Waals surface area contributed by atoms with Crippen LogP contribution < -0.4 is 25.8 Å². The lowest BCUT2D eigenvalue weighted by atomic mass is 10.2. The van der Waals surface area contributed by atoms with E-state index in [9.17, 15) is 9.59 Å². The van der Waals surface area contributed by atoms with Crippen molar-refractivity contribution in [2.45, 2.75) is 6.54 Å². The number of rotatable bonds is 6. The van der Waals surface area contributed by atoms with E-state index in [0.29, 0.717) is 34.8 Å². The second-order valence-electron chi connectivity index (χ2n) is 7.31. The average molecular weight is 432 g/mol. The van der Waals surface area contributed by atoms with Crippen molar-refractivity contribution < 1.29 is 14.3 Å². The molecule has 8 nitrogen and oxygen atoms in total. The van der Waals surface area contributed by atoms with Crippen molar-refractivity contribution in [3.63, 3.8) is 0 Å². The largest absolute Gasteiger partial charge is 0.497 e. The fourth-order valence-electron chi connectivity index (χ4n) is 3.42. The number of aromatic nitrogens is 2. The van der Waals surface area contributed by atoms with Crippen LogP contribution in [0.1, 0.15) is 5.56 Å². The highest BCUT2D eigenvalue weighted by Gasteiger charge is 2.16. The van der Waals surface area contributed by atoms with E-state index in [-0.39, 0.29) is 11.7 Å². The molecule has 1 heterocycles. The second kappa shape index (κ2) is 8.89. The standard InChI is InChI=1S/C24H24N4O4/c1-27-20-13-19(26-23(29)25-15-16-9-11-17(31-3)12-10-16)22(14-21(20)28(2)24(27)30)32-18-7-5-4-6-8-18/h4-14H,15H2,1-3H3,(H2,25,26,29). The molecule has 32 heavy (non-hydrogen) atoms. The normalized spacial score (nSPS) is 10.7. The number of nitrogens with zero attached hydrogens (tertiary/aromatic N) is 2. The quantitative estimate of drug-likeness (QED) is 0.482. The first-order valence-corrected chi connectivity index (χ1v) is 10.1. The molecule has 0 aliphatic rings. The number of amides is 2. The summed E-state index contributed by atoms with van der Waals surface area (Å²) in [6, 6.07) is 19.8. The Bertz CT molecular complexity index is 1310. The van der Waals surface area contributed by atoms with Gasteiger partial charge in [0, 0.05) is 26.7 Å². The number of methoxy groups -OCH3 is 1. The molecule has 0 fully saturated rings. The van der Waals surface area contributed by atoms with E-state index >= 15 is 0 Å². The lowest BCUT2D eigenvalue weighted by molar-refractivity contribution is 0.251. The Morgan fingerprint density at radius 1 is 0.906 bits per heavy atom. The number of benzene rings is 3. The molecule has 0 aliphatic carbocycles. The fourth-order valence-corrected chi connectivity index (χ4v) is 3.42. The molecule has 0 radical (unpaired) electrons. The molecule has 2 amide bonds. The van der Waals surface area contributed by atoms with E-state index in [4.69, 9.17) is 9.47 Å². The highest BCUT2D eigenvalue weighted by molar-refractivity contribution is 5.94. The number of carbonyl (C=O) groups excluding carboxylic acids is 1. The molecule has 3 aromatic carbocycles. The van der Waals surface area contributed by atoms with E-state index in [2.05, 4.69) is 10.6 Å². The Morgan fingerprint density at radius 2 is 1.56 bits per heavy atom. The minimum absolute atomic E-state index is 0.160. The first-order chi connectivity index (χ1) is 15.5. The van der Waals surface area contributed by atoms with Crippen LogP contribution in [-0.4, -0.2) is 22.3 Å². The summed E-state index contributed by atoms with van der Waals surface area (Å²) in [4.78, 5) is 25.0. The molecule has 1 aromatic heterocycles. The van der Waals surface area contributed by atoms with Gasteiger partial charge in [-0.2, -0.15) is 0 Å². The van der Waals surface area contributed by atoms with Crippen molar-refractivity contribution >= 4 is 22.8 Å². The van der Waals surface area contributed by atoms with Crippen LogP contribution >= 0.6 is 0 Å². The smallest absolute Gasteiger partial charge is 0.328 e. The fraction of sp³-hybridized carbons (Fsp3) is 0.167. The first-order valence-electron chi connectivity index (χ1n) is 10.1. The van der Waals surface area contributed by atoms with Gasteiger partial charge in [0.25, 0.3) is 0 Å². The molecule has 0 unspecified atom stereocenters. The van der Waals surface area contributed by atoms with Gasteiger partial charge in [-0.15, -0.1) is 0 Å². The number of aryl methyl sites for hydroxylation is 2. The van der Waals surface area contributed by atoms with Gasteiger partial charge in [-0.1, -0.05) is 30.3 Å². The van der Waals surface area contributed by atoms with Crippen LogP contribution in [-0.2, 0) is 20.6 Å². The number of ether oxygens (including phenoxy) is 2. The van der Waals surface area contributed by atoms with Gasteiger partial charge in [-0.05, 0) is 35.9 Å². The van der Waals surface area contributed by atoms with Crippen molar-refractivity contribution in [2.75, 3.05) is 12.4 Å². The average Bonchev–Trinajstić information content (AvgIpc) is 3.02. The van der Waals surface area contributed by atoms with Crippen LogP contribution in [0.25, 0.3) is 11.0 Å². The zero-order valence-electron chi connectivity index (χ0n) is 18.1. The molecule has 2 N–H and O–H groups in total. The number of carbonyl (C=O) groups is 1. The summed E-state index contributed by atoms with van der Waals surface area (Å²) in [5.74, 6) is 1.81. The van der Waals surface area contributed by atoms with Gasteiger partial charge in [-0.3, -0.25) is 9.13 Å². The summed E-state index contributed by atoms with van der Waals surface area (Å²) in [6.45, 7) is 0.344. The van der Waals surface area contributed by atoms with Crippen LogP contribution in [0.5, 0.6) is 17.2 Å². The summed E-state index contributed by atoms with van der Waals surface area (Å²) < 4.78 is 14.3. The third kappa shape index (κ3) is 4.29. The van der Waals surface area contributed by atoms with Crippen molar-refractivity contribution in [1.29, 1.82) is 0 Å². The minimum Gasteiger partial charge on any atom is -0.497 e. The van der Waals surface area contributed by atoms with Crippen molar-refractivity contribution in [3.8, 4) is 17.2 Å². The lowest BCUT2D eigenvalue weighted by Gasteiger charge is -2.14. The van der Waals surface area contributed by atoms with Crippen LogP contribution in [0.15, 0.2) is 71.5 Å². The summed E-state index contributed by atoms with van der Waals surface area (Å²) in [6.07, 6.45) is 0. The summed E-state index contributed by atoms with van der Waals surface area (Å²) in [7, 11) is 5.00. The molecule has 0 spiro atoms. The maximum atomic E-state index is 12.6. The predicted molar refractivity (Wildman–Crippen MR) is 124 cm³/mol. The van der Waals surface area contributed by atoms with Crippen molar-refractivity contribution in [3.05, 3.63) is 82.8 Å². The van der Waals surface area contributed by atoms with E-state index in [1.165, 1.54) is 4.57 Å². The van der Waals surface area contributed by atoms with Gasteiger partial charge in [0.05, 0.1) is 23.8 Å². The third-order valence-electron chi connectivity index (χ3n) is 5.20. The van der Waals surface area contributed by atoms with E-state index in [1.807, 2.05) is 54.6 Å². The molecule has 0 atom stereocenters. The molecule has 0 saturated heterocycles. The van der Waals surface area contributed by atoms with Gasteiger partial charge < -0.3 is 20.1 Å². The van der Waals surface area contributed by atoms with Crippen LogP contribution in [0.4, 0.5) is 10.5 Å². The lowest BCUT2D eigenvalue weighted by Crippen LogP contribution is -2.28. The maximum Gasteiger partial charge on any atom is 0.328 e. The Labute approximate surface area is 185 Å². The second-order valence-corrected chi connectivity index (χ2v) is 7.31. The van der Waals surface area contributed by atoms with Gasteiger partial charge in [0.1, 0.15) is 11.5 Å². The molecule has 0 bridgehead atoms. The number of anilines is 1. The minimum atomic E-state index is -0.390. The number of hydrogen-bond acceptors (Lipinski definition) is 4. The Morgan fingerprint density at radius 3 is 2.22 bits per heavy atom. The molecule has 0 aliphatic heterocycles. The zero-order valence-corrected chi connectivity index (χ0v) is 18.1. The Kier molecular flexibility index (Phi) is 5.85. The van der Waals surface area contributed by atoms with E-state index < -0.39 is 0 Å². The first kappa shape index (κ1) is 21.0. The number of hydrogen-bond donors (Lipinski definition) is 2. The van der Waals surface area contributed by atoms with Crippen LogP contribution in [0.3, 0.4) is 0 Å². The molecule has 164 valence electrons. The molecular formula is C24H24N4O4. The number of para-hydroxylation sites is 1.